The molecule has 19 heavy (non-hydrogen) atoms. The number of rotatable bonds is 4. The first-order valence-corrected chi connectivity index (χ1v) is 7.29. The van der Waals surface area contributed by atoms with Crippen LogP contribution in [0.15, 0.2) is 18.2 Å². The van der Waals surface area contributed by atoms with Gasteiger partial charge < -0.3 is 14.6 Å². The molecule has 1 aliphatic heterocycles. The molecule has 0 saturated carbocycles. The number of aromatic carboxylic acids is 1. The highest BCUT2D eigenvalue weighted by Crippen LogP contribution is 2.30. The molecule has 1 saturated heterocycles. The minimum Gasteiger partial charge on any atom is -0.490 e. The molecule has 1 aromatic rings. The van der Waals surface area contributed by atoms with Crippen molar-refractivity contribution < 1.29 is 19.4 Å². The van der Waals surface area contributed by atoms with Gasteiger partial charge in [-0.25, -0.2) is 4.79 Å². The monoisotopic (exact) mass is 376 g/mol. The molecule has 1 fully saturated rings. The van der Waals surface area contributed by atoms with E-state index in [9.17, 15) is 4.79 Å². The summed E-state index contributed by atoms with van der Waals surface area (Å²) < 4.78 is 12.3. The van der Waals surface area contributed by atoms with E-state index in [0.29, 0.717) is 12.4 Å². The van der Waals surface area contributed by atoms with Crippen LogP contribution in [-0.2, 0) is 4.74 Å². The minimum atomic E-state index is -0.971. The maximum atomic E-state index is 11.2. The molecule has 104 valence electrons. The predicted octanol–water partition coefficient (Wildman–Crippen LogP) is 3.33. The maximum absolute atomic E-state index is 11.2. The van der Waals surface area contributed by atoms with E-state index >= 15 is 0 Å². The largest absolute Gasteiger partial charge is 0.490 e. The van der Waals surface area contributed by atoms with Crippen molar-refractivity contribution in [3.63, 3.8) is 0 Å². The van der Waals surface area contributed by atoms with Crippen LogP contribution in [0.1, 0.15) is 37.0 Å². The first-order valence-electron chi connectivity index (χ1n) is 6.21. The molecule has 1 heterocycles. The van der Waals surface area contributed by atoms with E-state index in [4.69, 9.17) is 14.6 Å². The summed E-state index contributed by atoms with van der Waals surface area (Å²) in [7, 11) is 0. The highest BCUT2D eigenvalue weighted by Gasteiger charge is 2.32. The minimum absolute atomic E-state index is 0.0379. The van der Waals surface area contributed by atoms with Crippen LogP contribution in [0.3, 0.4) is 0 Å². The van der Waals surface area contributed by atoms with Crippen LogP contribution in [-0.4, -0.2) is 29.4 Å². The van der Waals surface area contributed by atoms with Gasteiger partial charge in [0.15, 0.2) is 0 Å². The van der Waals surface area contributed by atoms with Crippen LogP contribution in [0, 0.1) is 3.57 Å². The van der Waals surface area contributed by atoms with Gasteiger partial charge in [-0.2, -0.15) is 0 Å². The molecular formula is C14H17IO4. The van der Waals surface area contributed by atoms with Crippen molar-refractivity contribution in [2.75, 3.05) is 6.61 Å². The summed E-state index contributed by atoms with van der Waals surface area (Å²) in [5.41, 5.74) is 0.0968. The lowest BCUT2D eigenvalue weighted by atomic mass is 10.1. The first kappa shape index (κ1) is 14.6. The standard InChI is InChI=1S/C14H17IO4/c1-14(2)6-5-10(19-14)8-18-12-4-3-9(15)7-11(12)13(16)17/h3-4,7,10H,5-6,8H2,1-2H3,(H,16,17). The molecule has 0 amide bonds. The van der Waals surface area contributed by atoms with Crippen LogP contribution >= 0.6 is 22.6 Å². The highest BCUT2D eigenvalue weighted by molar-refractivity contribution is 14.1. The molecule has 0 bridgehead atoms. The van der Waals surface area contributed by atoms with Crippen molar-refractivity contribution in [2.24, 2.45) is 0 Å². The molecule has 0 aliphatic carbocycles. The second-order valence-corrected chi connectivity index (χ2v) is 6.54. The third kappa shape index (κ3) is 3.82. The molecule has 1 unspecified atom stereocenters. The van der Waals surface area contributed by atoms with Crippen LogP contribution in [0.25, 0.3) is 0 Å². The van der Waals surface area contributed by atoms with Crippen molar-refractivity contribution in [2.45, 2.75) is 38.4 Å². The summed E-state index contributed by atoms with van der Waals surface area (Å²) in [6, 6.07) is 5.14. The van der Waals surface area contributed by atoms with Crippen LogP contribution in [0.2, 0.25) is 0 Å². The van der Waals surface area contributed by atoms with E-state index < -0.39 is 5.97 Å². The molecule has 1 atom stereocenters. The van der Waals surface area contributed by atoms with Crippen molar-refractivity contribution in [1.29, 1.82) is 0 Å². The lowest BCUT2D eigenvalue weighted by molar-refractivity contribution is -0.0328. The molecule has 4 nitrogen and oxygen atoms in total. The number of carboxylic acid groups (broad SMARTS) is 1. The fraction of sp³-hybridized carbons (Fsp3) is 0.500. The molecule has 0 radical (unpaired) electrons. The van der Waals surface area contributed by atoms with Crippen LogP contribution in [0.5, 0.6) is 5.75 Å². The Morgan fingerprint density at radius 3 is 2.89 bits per heavy atom. The number of halogens is 1. The molecule has 1 N–H and O–H groups in total. The molecule has 0 aromatic heterocycles. The molecule has 5 heteroatoms. The second kappa shape index (κ2) is 5.66. The van der Waals surface area contributed by atoms with Crippen molar-refractivity contribution >= 4 is 28.6 Å². The van der Waals surface area contributed by atoms with E-state index in [0.717, 1.165) is 16.4 Å². The second-order valence-electron chi connectivity index (χ2n) is 5.29. The topological polar surface area (TPSA) is 55.8 Å². The molecular weight excluding hydrogens is 359 g/mol. The number of ether oxygens (including phenoxy) is 2. The normalized spacial score (nSPS) is 21.3. The quantitative estimate of drug-likeness (QED) is 0.820. The number of hydrogen-bond acceptors (Lipinski definition) is 3. The molecule has 1 aliphatic rings. The maximum Gasteiger partial charge on any atom is 0.339 e. The Labute approximate surface area is 126 Å². The zero-order valence-corrected chi connectivity index (χ0v) is 13.1. The molecule has 0 spiro atoms. The summed E-state index contributed by atoms with van der Waals surface area (Å²) in [5.74, 6) is -0.567. The van der Waals surface area contributed by atoms with Gasteiger partial charge in [0.05, 0.1) is 11.7 Å². The van der Waals surface area contributed by atoms with Crippen LogP contribution in [0.4, 0.5) is 0 Å². The Hall–Kier alpha value is -0.820. The van der Waals surface area contributed by atoms with E-state index in [1.165, 1.54) is 0 Å². The van der Waals surface area contributed by atoms with Crippen molar-refractivity contribution in [3.8, 4) is 5.75 Å². The number of benzene rings is 1. The van der Waals surface area contributed by atoms with Crippen molar-refractivity contribution in [1.82, 2.24) is 0 Å². The molecule has 1 aromatic carbocycles. The number of carboxylic acids is 1. The number of hydrogen-bond donors (Lipinski definition) is 1. The number of carbonyl (C=O) groups is 1. The Balaban J connectivity index is 2.02. The van der Waals surface area contributed by atoms with E-state index in [2.05, 4.69) is 36.4 Å². The predicted molar refractivity (Wildman–Crippen MR) is 79.8 cm³/mol. The van der Waals surface area contributed by atoms with E-state index in [-0.39, 0.29) is 17.3 Å². The Morgan fingerprint density at radius 1 is 1.58 bits per heavy atom. The average molecular weight is 376 g/mol. The van der Waals surface area contributed by atoms with Gasteiger partial charge in [0.2, 0.25) is 0 Å². The summed E-state index contributed by atoms with van der Waals surface area (Å²) in [4.78, 5) is 11.2. The summed E-state index contributed by atoms with van der Waals surface area (Å²) in [6.45, 7) is 4.51. The van der Waals surface area contributed by atoms with Gasteiger partial charge in [-0.15, -0.1) is 0 Å². The van der Waals surface area contributed by atoms with Gasteiger partial charge in [-0.05, 0) is 67.5 Å². The van der Waals surface area contributed by atoms with Gasteiger partial charge in [0.25, 0.3) is 0 Å². The van der Waals surface area contributed by atoms with E-state index in [1.807, 2.05) is 6.07 Å². The fourth-order valence-electron chi connectivity index (χ4n) is 2.17. The summed E-state index contributed by atoms with van der Waals surface area (Å²) in [6.07, 6.45) is 1.98. The smallest absolute Gasteiger partial charge is 0.339 e. The third-order valence-corrected chi connectivity index (χ3v) is 3.82. The lowest BCUT2D eigenvalue weighted by Gasteiger charge is -2.19. The van der Waals surface area contributed by atoms with Crippen molar-refractivity contribution in [3.05, 3.63) is 27.3 Å². The zero-order chi connectivity index (χ0) is 14.0. The van der Waals surface area contributed by atoms with Gasteiger partial charge in [0, 0.05) is 3.57 Å². The van der Waals surface area contributed by atoms with Gasteiger partial charge >= 0.3 is 5.97 Å². The Kier molecular flexibility index (Phi) is 4.35. The van der Waals surface area contributed by atoms with Gasteiger partial charge in [0.1, 0.15) is 17.9 Å². The zero-order valence-electron chi connectivity index (χ0n) is 11.0. The van der Waals surface area contributed by atoms with Gasteiger partial charge in [-0.3, -0.25) is 0 Å². The SMILES string of the molecule is CC1(C)CCC(COc2ccc(I)cc2C(=O)O)O1. The lowest BCUT2D eigenvalue weighted by Crippen LogP contribution is -2.24. The molecule has 2 rings (SSSR count). The third-order valence-electron chi connectivity index (χ3n) is 3.15. The Morgan fingerprint density at radius 2 is 2.32 bits per heavy atom. The Bertz CT molecular complexity index is 484. The van der Waals surface area contributed by atoms with Crippen LogP contribution < -0.4 is 4.74 Å². The first-order chi connectivity index (χ1) is 8.87. The summed E-state index contributed by atoms with van der Waals surface area (Å²) in [5, 5.41) is 9.15. The fourth-order valence-corrected chi connectivity index (χ4v) is 2.66. The average Bonchev–Trinajstić information content (AvgIpc) is 2.67. The highest BCUT2D eigenvalue weighted by atomic mass is 127. The van der Waals surface area contributed by atoms with E-state index in [1.54, 1.807) is 12.1 Å². The van der Waals surface area contributed by atoms with Gasteiger partial charge in [-0.1, -0.05) is 0 Å². The summed E-state index contributed by atoms with van der Waals surface area (Å²) >= 11 is 2.08.